The molecule has 2 aromatic carbocycles. The number of nitrogens with one attached hydrogen (secondary N) is 1. The molecule has 5 aromatic rings. The molecule has 0 spiro atoms. The molecule has 0 saturated carbocycles. The number of benzene rings is 2. The summed E-state index contributed by atoms with van der Waals surface area (Å²) in [5, 5.41) is 7.71. The van der Waals surface area contributed by atoms with E-state index >= 15 is 0 Å². The van der Waals surface area contributed by atoms with Crippen molar-refractivity contribution in [2.75, 3.05) is 11.9 Å². The average molecular weight is 493 g/mol. The van der Waals surface area contributed by atoms with Gasteiger partial charge in [0, 0.05) is 24.4 Å². The number of nitrogens with zero attached hydrogens (tertiary/aromatic N) is 4. The van der Waals surface area contributed by atoms with Crippen LogP contribution in [0, 0.1) is 5.82 Å². The van der Waals surface area contributed by atoms with Crippen molar-refractivity contribution in [2.45, 2.75) is 12.7 Å². The molecular weight excluding hydrogens is 474 g/mol. The highest BCUT2D eigenvalue weighted by atomic mass is 19.4. The Morgan fingerprint density at radius 1 is 0.889 bits per heavy atom. The molecule has 0 aliphatic rings. The number of halogens is 4. The number of ether oxygens (including phenoxy) is 1. The van der Waals surface area contributed by atoms with Crippen LogP contribution >= 0.6 is 0 Å². The smallest absolute Gasteiger partial charge is 0.422 e. The summed E-state index contributed by atoms with van der Waals surface area (Å²) in [7, 11) is 0. The van der Waals surface area contributed by atoms with Gasteiger partial charge in [0.2, 0.25) is 11.8 Å². The second kappa shape index (κ2) is 9.65. The summed E-state index contributed by atoms with van der Waals surface area (Å²) in [6.45, 7) is -0.965. The molecule has 0 bridgehead atoms. The van der Waals surface area contributed by atoms with Crippen LogP contribution in [0.2, 0.25) is 0 Å². The maximum Gasteiger partial charge on any atom is 0.422 e. The first-order chi connectivity index (χ1) is 17.4. The molecule has 0 aliphatic heterocycles. The molecule has 3 aromatic heterocycles. The maximum absolute atomic E-state index is 13.6. The Morgan fingerprint density at radius 3 is 2.42 bits per heavy atom. The van der Waals surface area contributed by atoms with E-state index in [0.29, 0.717) is 40.5 Å². The zero-order chi connectivity index (χ0) is 25.1. The summed E-state index contributed by atoms with van der Waals surface area (Å²) in [5.74, 6) is -0.145. The summed E-state index contributed by atoms with van der Waals surface area (Å²) >= 11 is 0. The van der Waals surface area contributed by atoms with Crippen molar-refractivity contribution in [1.82, 2.24) is 19.6 Å². The Hall–Kier alpha value is -4.47. The largest absolute Gasteiger partial charge is 0.468 e. The van der Waals surface area contributed by atoms with Gasteiger partial charge in [-0.1, -0.05) is 36.4 Å². The summed E-state index contributed by atoms with van der Waals surface area (Å²) in [6.07, 6.45) is -2.93. The summed E-state index contributed by atoms with van der Waals surface area (Å²) < 4.78 is 58.4. The lowest BCUT2D eigenvalue weighted by Crippen LogP contribution is -2.20. The highest BCUT2D eigenvalue weighted by molar-refractivity contribution is 5.91. The molecule has 0 atom stereocenters. The number of rotatable bonds is 7. The molecule has 0 aliphatic carbocycles. The first kappa shape index (κ1) is 23.3. The van der Waals surface area contributed by atoms with Crippen molar-refractivity contribution < 1.29 is 22.3 Å². The molecule has 3 heterocycles. The lowest BCUT2D eigenvalue weighted by atomic mass is 10.0. The van der Waals surface area contributed by atoms with Crippen LogP contribution in [-0.4, -0.2) is 32.4 Å². The topological polar surface area (TPSA) is 64.3 Å². The Balaban J connectivity index is 1.59. The average Bonchev–Trinajstić information content (AvgIpc) is 3.27. The van der Waals surface area contributed by atoms with Crippen LogP contribution in [0.4, 0.5) is 23.5 Å². The van der Waals surface area contributed by atoms with E-state index < -0.39 is 18.6 Å². The summed E-state index contributed by atoms with van der Waals surface area (Å²) in [5.41, 5.74) is 3.52. The third kappa shape index (κ3) is 5.12. The van der Waals surface area contributed by atoms with Gasteiger partial charge in [0.05, 0.1) is 16.8 Å². The van der Waals surface area contributed by atoms with Crippen molar-refractivity contribution in [2.24, 2.45) is 0 Å². The van der Waals surface area contributed by atoms with Gasteiger partial charge in [0.15, 0.2) is 6.61 Å². The van der Waals surface area contributed by atoms with Crippen LogP contribution in [0.15, 0.2) is 85.1 Å². The number of aromatic nitrogens is 4. The quantitative estimate of drug-likeness (QED) is 0.276. The van der Waals surface area contributed by atoms with E-state index in [0.717, 1.165) is 5.56 Å². The van der Waals surface area contributed by atoms with Crippen LogP contribution < -0.4 is 10.1 Å². The highest BCUT2D eigenvalue weighted by Gasteiger charge is 2.29. The van der Waals surface area contributed by atoms with Crippen molar-refractivity contribution in [3.63, 3.8) is 0 Å². The predicted octanol–water partition coefficient (Wildman–Crippen LogP) is 6.15. The number of fused-ring (bicyclic) bond motifs is 1. The zero-order valence-electron chi connectivity index (χ0n) is 18.7. The second-order valence-corrected chi connectivity index (χ2v) is 7.90. The Kier molecular flexibility index (Phi) is 6.24. The molecule has 1 N–H and O–H groups in total. The molecule has 6 nitrogen and oxygen atoms in total. The van der Waals surface area contributed by atoms with Crippen molar-refractivity contribution in [3.8, 4) is 28.4 Å². The monoisotopic (exact) mass is 493 g/mol. The van der Waals surface area contributed by atoms with Crippen molar-refractivity contribution in [1.29, 1.82) is 0 Å². The van der Waals surface area contributed by atoms with Gasteiger partial charge in [-0.2, -0.15) is 22.8 Å². The highest BCUT2D eigenvalue weighted by Crippen LogP contribution is 2.36. The normalized spacial score (nSPS) is 11.6. The van der Waals surface area contributed by atoms with Crippen LogP contribution in [0.25, 0.3) is 28.0 Å². The fourth-order valence-electron chi connectivity index (χ4n) is 3.73. The molecule has 0 fully saturated rings. The van der Waals surface area contributed by atoms with E-state index in [9.17, 15) is 17.6 Å². The fraction of sp³-hybridized carbons (Fsp3) is 0.115. The molecule has 182 valence electrons. The van der Waals surface area contributed by atoms with Gasteiger partial charge in [-0.25, -0.2) is 14.4 Å². The number of hydrogen-bond donors (Lipinski definition) is 1. The molecule has 0 unspecified atom stereocenters. The third-order valence-electron chi connectivity index (χ3n) is 5.33. The number of anilines is 1. The summed E-state index contributed by atoms with van der Waals surface area (Å²) in [6, 6.07) is 21.8. The standard InChI is InChI=1S/C26H19F4N5O/c27-19-11-9-18(10-12-19)24-23(21-7-4-8-22(35(21)34-24)36-16-26(28,29)30)20-13-14-31-25(33-20)32-15-17-5-2-1-3-6-17/h1-14H,15-16H2,(H,31,32,33). The minimum Gasteiger partial charge on any atom is -0.468 e. The van der Waals surface area contributed by atoms with Crippen LogP contribution in [0.5, 0.6) is 5.88 Å². The van der Waals surface area contributed by atoms with E-state index in [-0.39, 0.29) is 5.88 Å². The molecular formula is C26H19F4N5O. The van der Waals surface area contributed by atoms with E-state index in [1.807, 2.05) is 30.3 Å². The van der Waals surface area contributed by atoms with E-state index in [4.69, 9.17) is 4.74 Å². The summed E-state index contributed by atoms with van der Waals surface area (Å²) in [4.78, 5) is 8.91. The Labute approximate surface area is 203 Å². The molecule has 10 heteroatoms. The maximum atomic E-state index is 13.6. The third-order valence-corrected chi connectivity index (χ3v) is 5.33. The van der Waals surface area contributed by atoms with Gasteiger partial charge in [-0.05, 0) is 42.0 Å². The first-order valence-corrected chi connectivity index (χ1v) is 11.0. The fourth-order valence-corrected chi connectivity index (χ4v) is 3.73. The lowest BCUT2D eigenvalue weighted by Gasteiger charge is -2.10. The van der Waals surface area contributed by atoms with Crippen LogP contribution in [0.1, 0.15) is 5.56 Å². The number of pyridine rings is 1. The van der Waals surface area contributed by atoms with Crippen molar-refractivity contribution in [3.05, 3.63) is 96.4 Å². The van der Waals surface area contributed by atoms with E-state index in [1.165, 1.54) is 22.7 Å². The first-order valence-electron chi connectivity index (χ1n) is 11.0. The molecule has 36 heavy (non-hydrogen) atoms. The van der Waals surface area contributed by atoms with Gasteiger partial charge in [0.25, 0.3) is 0 Å². The number of hydrogen-bond acceptors (Lipinski definition) is 5. The van der Waals surface area contributed by atoms with Crippen LogP contribution in [-0.2, 0) is 6.54 Å². The van der Waals surface area contributed by atoms with Gasteiger partial charge >= 0.3 is 6.18 Å². The molecule has 0 saturated heterocycles. The lowest BCUT2D eigenvalue weighted by molar-refractivity contribution is -0.154. The van der Waals surface area contributed by atoms with Gasteiger partial charge in [-0.3, -0.25) is 0 Å². The minimum absolute atomic E-state index is 0.0871. The SMILES string of the molecule is Fc1ccc(-c2nn3c(OCC(F)(F)F)cccc3c2-c2ccnc(NCc3ccccc3)n2)cc1. The molecule has 0 radical (unpaired) electrons. The Morgan fingerprint density at radius 2 is 1.67 bits per heavy atom. The van der Waals surface area contributed by atoms with E-state index in [1.54, 1.807) is 36.5 Å². The minimum atomic E-state index is -4.51. The van der Waals surface area contributed by atoms with Gasteiger partial charge in [0.1, 0.15) is 11.5 Å². The zero-order valence-corrected chi connectivity index (χ0v) is 18.7. The van der Waals surface area contributed by atoms with Crippen LogP contribution in [0.3, 0.4) is 0 Å². The Bertz CT molecular complexity index is 1480. The van der Waals surface area contributed by atoms with E-state index in [2.05, 4.69) is 20.4 Å². The van der Waals surface area contributed by atoms with Gasteiger partial charge in [-0.15, -0.1) is 0 Å². The van der Waals surface area contributed by atoms with Crippen molar-refractivity contribution >= 4 is 11.5 Å². The second-order valence-electron chi connectivity index (χ2n) is 7.90. The molecule has 5 rings (SSSR count). The predicted molar refractivity (Wildman–Crippen MR) is 127 cm³/mol. The van der Waals surface area contributed by atoms with Gasteiger partial charge < -0.3 is 10.1 Å². The molecule has 0 amide bonds. The number of alkyl halides is 3.